The van der Waals surface area contributed by atoms with Crippen LogP contribution in [0.15, 0.2) is 60.7 Å². The van der Waals surface area contributed by atoms with Crippen LogP contribution in [0, 0.1) is 6.92 Å². The van der Waals surface area contributed by atoms with Gasteiger partial charge in [0.15, 0.2) is 0 Å². The lowest BCUT2D eigenvalue weighted by molar-refractivity contribution is -0.122. The number of hydrogen-bond donors (Lipinski definition) is 1. The number of hydrogen-bond acceptors (Lipinski definition) is 2. The molecule has 1 aliphatic rings. The molecule has 0 radical (unpaired) electrons. The van der Waals surface area contributed by atoms with E-state index in [0.717, 1.165) is 53.5 Å². The van der Waals surface area contributed by atoms with Crippen LogP contribution in [-0.4, -0.2) is 13.0 Å². The number of nitrogens with one attached hydrogen (secondary N) is 1. The monoisotopic (exact) mass is 373 g/mol. The third kappa shape index (κ3) is 3.26. The van der Waals surface area contributed by atoms with Crippen molar-refractivity contribution in [2.45, 2.75) is 44.4 Å². The summed E-state index contributed by atoms with van der Waals surface area (Å²) in [4.78, 5) is 13.6. The van der Waals surface area contributed by atoms with Gasteiger partial charge in [-0.05, 0) is 37.5 Å². The highest BCUT2D eigenvalue weighted by Gasteiger charge is 2.41. The molecule has 1 N–H and O–H groups in total. The molecule has 144 valence electrons. The molecule has 3 aromatic rings. The van der Waals surface area contributed by atoms with Gasteiger partial charge in [0.1, 0.15) is 5.75 Å². The normalized spacial score (nSPS) is 15.9. The summed E-state index contributed by atoms with van der Waals surface area (Å²) in [7, 11) is 1.68. The summed E-state index contributed by atoms with van der Waals surface area (Å²) in [6.45, 7) is 2.08. The number of ether oxygens (including phenoxy) is 1. The van der Waals surface area contributed by atoms with Crippen LogP contribution in [0.3, 0.4) is 0 Å². The van der Waals surface area contributed by atoms with Gasteiger partial charge in [0.05, 0.1) is 12.5 Å². The zero-order valence-corrected chi connectivity index (χ0v) is 16.6. The van der Waals surface area contributed by atoms with Crippen molar-refractivity contribution in [3.05, 3.63) is 71.8 Å². The molecule has 0 unspecified atom stereocenters. The van der Waals surface area contributed by atoms with Crippen LogP contribution in [0.25, 0.3) is 10.8 Å². The smallest absolute Gasteiger partial charge is 0.235 e. The number of carbonyl (C=O) groups is 1. The molecule has 0 spiro atoms. The standard InChI is InChI=1S/C25H27NO2/c1-18-10-12-19(13-11-18)25(16-6-3-7-17-25)24(27)26-22-14-15-23(28-2)21-9-5-4-8-20(21)22/h4-5,8-15H,3,6-7,16-17H2,1-2H3,(H,26,27). The molecule has 3 aromatic carbocycles. The number of aryl methyl sites for hydroxylation is 1. The van der Waals surface area contributed by atoms with Gasteiger partial charge >= 0.3 is 0 Å². The van der Waals surface area contributed by atoms with Gasteiger partial charge in [-0.3, -0.25) is 4.79 Å². The molecule has 4 rings (SSSR count). The Morgan fingerprint density at radius 3 is 2.25 bits per heavy atom. The minimum Gasteiger partial charge on any atom is -0.496 e. The van der Waals surface area contributed by atoms with Crippen molar-refractivity contribution < 1.29 is 9.53 Å². The van der Waals surface area contributed by atoms with Crippen LogP contribution in [0.4, 0.5) is 5.69 Å². The molecular formula is C25H27NO2. The van der Waals surface area contributed by atoms with Crippen LogP contribution in [0.2, 0.25) is 0 Å². The quantitative estimate of drug-likeness (QED) is 0.609. The highest BCUT2D eigenvalue weighted by molar-refractivity contribution is 6.07. The van der Waals surface area contributed by atoms with E-state index in [1.807, 2.05) is 36.4 Å². The van der Waals surface area contributed by atoms with Gasteiger partial charge in [0.2, 0.25) is 5.91 Å². The Labute approximate surface area is 166 Å². The van der Waals surface area contributed by atoms with E-state index < -0.39 is 5.41 Å². The van der Waals surface area contributed by atoms with Crippen molar-refractivity contribution in [1.29, 1.82) is 0 Å². The fourth-order valence-corrected chi connectivity index (χ4v) is 4.48. The maximum Gasteiger partial charge on any atom is 0.235 e. The van der Waals surface area contributed by atoms with E-state index in [-0.39, 0.29) is 5.91 Å². The van der Waals surface area contributed by atoms with Crippen molar-refractivity contribution in [1.82, 2.24) is 0 Å². The Balaban J connectivity index is 1.73. The molecule has 0 bridgehead atoms. The molecule has 0 aliphatic heterocycles. The van der Waals surface area contributed by atoms with E-state index in [1.54, 1.807) is 7.11 Å². The van der Waals surface area contributed by atoms with Gasteiger partial charge in [-0.2, -0.15) is 0 Å². The average Bonchev–Trinajstić information content (AvgIpc) is 2.75. The van der Waals surface area contributed by atoms with Gasteiger partial charge < -0.3 is 10.1 Å². The maximum atomic E-state index is 13.6. The zero-order chi connectivity index (χ0) is 19.6. The molecule has 1 fully saturated rings. The predicted octanol–water partition coefficient (Wildman–Crippen LogP) is 6.00. The summed E-state index contributed by atoms with van der Waals surface area (Å²) in [6.07, 6.45) is 5.17. The first-order valence-electron chi connectivity index (χ1n) is 10.1. The predicted molar refractivity (Wildman–Crippen MR) is 115 cm³/mol. The summed E-state index contributed by atoms with van der Waals surface area (Å²) in [5, 5.41) is 5.28. The van der Waals surface area contributed by atoms with E-state index in [4.69, 9.17) is 4.74 Å². The number of benzene rings is 3. The van der Waals surface area contributed by atoms with Crippen molar-refractivity contribution >= 4 is 22.4 Å². The Kier molecular flexibility index (Phi) is 5.08. The summed E-state index contributed by atoms with van der Waals surface area (Å²) in [6, 6.07) is 20.4. The Morgan fingerprint density at radius 2 is 1.57 bits per heavy atom. The molecule has 1 amide bonds. The fourth-order valence-electron chi connectivity index (χ4n) is 4.48. The molecule has 28 heavy (non-hydrogen) atoms. The van der Waals surface area contributed by atoms with Crippen molar-refractivity contribution in [2.75, 3.05) is 12.4 Å². The largest absolute Gasteiger partial charge is 0.496 e. The maximum absolute atomic E-state index is 13.6. The number of carbonyl (C=O) groups excluding carboxylic acids is 1. The number of rotatable bonds is 4. The van der Waals surface area contributed by atoms with Gasteiger partial charge in [0.25, 0.3) is 0 Å². The van der Waals surface area contributed by atoms with Crippen LogP contribution < -0.4 is 10.1 Å². The third-order valence-corrected chi connectivity index (χ3v) is 6.10. The first-order valence-corrected chi connectivity index (χ1v) is 10.1. The topological polar surface area (TPSA) is 38.3 Å². The fraction of sp³-hybridized carbons (Fsp3) is 0.320. The van der Waals surface area contributed by atoms with Gasteiger partial charge in [-0.25, -0.2) is 0 Å². The Hall–Kier alpha value is -2.81. The minimum absolute atomic E-state index is 0.103. The SMILES string of the molecule is COc1ccc(NC(=O)C2(c3ccc(C)cc3)CCCCC2)c2ccccc12. The van der Waals surface area contributed by atoms with Gasteiger partial charge in [-0.15, -0.1) is 0 Å². The third-order valence-electron chi connectivity index (χ3n) is 6.10. The molecule has 3 nitrogen and oxygen atoms in total. The van der Waals surface area contributed by atoms with Gasteiger partial charge in [-0.1, -0.05) is 73.4 Å². The number of anilines is 1. The molecule has 0 heterocycles. The number of amides is 1. The summed E-state index contributed by atoms with van der Waals surface area (Å²) in [5.74, 6) is 0.922. The lowest BCUT2D eigenvalue weighted by atomic mass is 9.68. The highest BCUT2D eigenvalue weighted by Crippen LogP contribution is 2.41. The molecule has 1 saturated carbocycles. The van der Waals surface area contributed by atoms with Crippen molar-refractivity contribution in [3.8, 4) is 5.75 Å². The van der Waals surface area contributed by atoms with Crippen molar-refractivity contribution in [2.24, 2.45) is 0 Å². The van der Waals surface area contributed by atoms with E-state index in [9.17, 15) is 4.79 Å². The second-order valence-corrected chi connectivity index (χ2v) is 7.82. The average molecular weight is 373 g/mol. The Morgan fingerprint density at radius 1 is 0.893 bits per heavy atom. The van der Waals surface area contributed by atoms with E-state index >= 15 is 0 Å². The van der Waals surface area contributed by atoms with Crippen LogP contribution in [-0.2, 0) is 10.2 Å². The number of methoxy groups -OCH3 is 1. The van der Waals surface area contributed by atoms with Crippen LogP contribution in [0.5, 0.6) is 5.75 Å². The minimum atomic E-state index is -0.451. The lowest BCUT2D eigenvalue weighted by Crippen LogP contribution is -2.42. The molecule has 0 aromatic heterocycles. The lowest BCUT2D eigenvalue weighted by Gasteiger charge is -2.36. The summed E-state index contributed by atoms with van der Waals surface area (Å²) >= 11 is 0. The van der Waals surface area contributed by atoms with E-state index in [1.165, 1.54) is 12.0 Å². The molecule has 3 heteroatoms. The van der Waals surface area contributed by atoms with E-state index in [0.29, 0.717) is 0 Å². The zero-order valence-electron chi connectivity index (χ0n) is 16.6. The van der Waals surface area contributed by atoms with Gasteiger partial charge in [0, 0.05) is 16.5 Å². The second kappa shape index (κ2) is 7.67. The van der Waals surface area contributed by atoms with E-state index in [2.05, 4.69) is 36.5 Å². The second-order valence-electron chi connectivity index (χ2n) is 7.82. The summed E-state index contributed by atoms with van der Waals surface area (Å²) < 4.78 is 5.49. The summed E-state index contributed by atoms with van der Waals surface area (Å²) in [5.41, 5.74) is 2.75. The van der Waals surface area contributed by atoms with Crippen molar-refractivity contribution in [3.63, 3.8) is 0 Å². The molecular weight excluding hydrogens is 346 g/mol. The van der Waals surface area contributed by atoms with Crippen LogP contribution in [0.1, 0.15) is 43.2 Å². The first kappa shape index (κ1) is 18.5. The number of fused-ring (bicyclic) bond motifs is 1. The molecule has 0 atom stereocenters. The van der Waals surface area contributed by atoms with Crippen LogP contribution >= 0.6 is 0 Å². The molecule has 0 saturated heterocycles. The molecule has 1 aliphatic carbocycles. The highest BCUT2D eigenvalue weighted by atomic mass is 16.5. The Bertz CT molecular complexity index is 985. The first-order chi connectivity index (χ1) is 13.6.